The van der Waals surface area contributed by atoms with Crippen LogP contribution in [0.25, 0.3) is 0 Å². The first-order valence-electron chi connectivity index (χ1n) is 8.46. The van der Waals surface area contributed by atoms with Crippen molar-refractivity contribution in [2.45, 2.75) is 6.61 Å². The fourth-order valence-corrected chi connectivity index (χ4v) is 2.62. The average molecular weight is 429 g/mol. The van der Waals surface area contributed by atoms with Gasteiger partial charge in [-0.1, -0.05) is 23.7 Å². The molecule has 0 aliphatic carbocycles. The molecule has 0 radical (unpaired) electrons. The van der Waals surface area contributed by atoms with Gasteiger partial charge in [0, 0.05) is 18.2 Å². The third-order valence-electron chi connectivity index (χ3n) is 3.96. The average Bonchev–Trinajstić information content (AvgIpc) is 2.73. The van der Waals surface area contributed by atoms with Crippen molar-refractivity contribution in [3.8, 4) is 11.5 Å². The highest BCUT2D eigenvalue weighted by Gasteiger charge is 2.17. The highest BCUT2D eigenvalue weighted by Crippen LogP contribution is 2.26. The smallest absolute Gasteiger partial charge is 0.338 e. The van der Waals surface area contributed by atoms with Gasteiger partial charge in [0.25, 0.3) is 11.4 Å². The van der Waals surface area contributed by atoms with Crippen LogP contribution in [0.5, 0.6) is 11.5 Å². The van der Waals surface area contributed by atoms with Gasteiger partial charge in [0.05, 0.1) is 15.4 Å². The number of nitro groups is 2. The molecule has 3 aromatic rings. The Hall–Kier alpha value is -3.98. The Bertz CT molecular complexity index is 1100. The molecule has 3 aromatic carbocycles. The van der Waals surface area contributed by atoms with E-state index in [4.69, 9.17) is 21.1 Å². The lowest BCUT2D eigenvalue weighted by Gasteiger charge is -2.08. The number of hydrogen-bond donors (Lipinski definition) is 0. The Balaban J connectivity index is 1.59. The Labute approximate surface area is 174 Å². The van der Waals surface area contributed by atoms with Crippen LogP contribution in [0.3, 0.4) is 0 Å². The summed E-state index contributed by atoms with van der Waals surface area (Å²) in [6, 6.07) is 16.0. The molecule has 0 bridgehead atoms. The molecule has 3 rings (SSSR count). The molecule has 0 unspecified atom stereocenters. The van der Waals surface area contributed by atoms with Crippen LogP contribution in [-0.2, 0) is 11.3 Å². The van der Waals surface area contributed by atoms with Crippen molar-refractivity contribution in [2.24, 2.45) is 0 Å². The van der Waals surface area contributed by atoms with E-state index < -0.39 is 15.8 Å². The number of ether oxygens (including phenoxy) is 2. The Morgan fingerprint density at radius 1 is 0.867 bits per heavy atom. The molecule has 0 aliphatic rings. The molecule has 0 saturated carbocycles. The Morgan fingerprint density at radius 3 is 2.03 bits per heavy atom. The summed E-state index contributed by atoms with van der Waals surface area (Å²) >= 11 is 5.73. The van der Waals surface area contributed by atoms with Crippen LogP contribution in [0.15, 0.2) is 66.7 Å². The third-order valence-corrected chi connectivity index (χ3v) is 4.27. The van der Waals surface area contributed by atoms with Gasteiger partial charge in [-0.15, -0.1) is 0 Å². The van der Waals surface area contributed by atoms with Crippen molar-refractivity contribution in [2.75, 3.05) is 0 Å². The molecule has 152 valence electrons. The number of non-ortho nitro benzene ring substituents is 1. The maximum atomic E-state index is 12.1. The zero-order valence-corrected chi connectivity index (χ0v) is 15.9. The quantitative estimate of drug-likeness (QED) is 0.284. The number of carbonyl (C=O) groups excluding carboxylic acids is 1. The van der Waals surface area contributed by atoms with Gasteiger partial charge in [-0.3, -0.25) is 20.2 Å². The highest BCUT2D eigenvalue weighted by molar-refractivity contribution is 6.32. The molecular weight excluding hydrogens is 416 g/mol. The molecular formula is C20H13ClN2O7. The second-order valence-corrected chi connectivity index (χ2v) is 6.40. The van der Waals surface area contributed by atoms with E-state index in [-0.39, 0.29) is 28.6 Å². The van der Waals surface area contributed by atoms with E-state index in [9.17, 15) is 25.0 Å². The van der Waals surface area contributed by atoms with Crippen molar-refractivity contribution in [1.29, 1.82) is 0 Å². The monoisotopic (exact) mass is 428 g/mol. The van der Waals surface area contributed by atoms with Crippen molar-refractivity contribution in [1.82, 2.24) is 0 Å². The molecule has 0 N–H and O–H groups in total. The number of rotatable bonds is 7. The zero-order chi connectivity index (χ0) is 21.7. The number of esters is 1. The first-order chi connectivity index (χ1) is 14.3. The topological polar surface area (TPSA) is 122 Å². The first-order valence-corrected chi connectivity index (χ1v) is 8.83. The number of hydrogen-bond acceptors (Lipinski definition) is 7. The fraction of sp³-hybridized carbons (Fsp3) is 0.0500. The molecule has 0 amide bonds. The normalized spacial score (nSPS) is 10.3. The van der Waals surface area contributed by atoms with E-state index in [1.54, 1.807) is 24.3 Å². The Morgan fingerprint density at radius 2 is 1.47 bits per heavy atom. The maximum Gasteiger partial charge on any atom is 0.338 e. The van der Waals surface area contributed by atoms with E-state index in [0.717, 1.165) is 6.07 Å². The van der Waals surface area contributed by atoms with Crippen LogP contribution in [0.2, 0.25) is 5.02 Å². The van der Waals surface area contributed by atoms with Gasteiger partial charge >= 0.3 is 5.97 Å². The van der Waals surface area contributed by atoms with E-state index in [1.807, 2.05) is 0 Å². The van der Waals surface area contributed by atoms with E-state index >= 15 is 0 Å². The molecule has 0 saturated heterocycles. The summed E-state index contributed by atoms with van der Waals surface area (Å²) in [5, 5.41) is 21.5. The van der Waals surface area contributed by atoms with Gasteiger partial charge in [-0.05, 0) is 42.0 Å². The minimum absolute atomic E-state index is 0.0178. The Kier molecular flexibility index (Phi) is 6.23. The van der Waals surface area contributed by atoms with Gasteiger partial charge in [0.15, 0.2) is 0 Å². The predicted molar refractivity (Wildman–Crippen MR) is 107 cm³/mol. The highest BCUT2D eigenvalue weighted by atomic mass is 35.5. The van der Waals surface area contributed by atoms with Crippen LogP contribution >= 0.6 is 11.6 Å². The van der Waals surface area contributed by atoms with Gasteiger partial charge < -0.3 is 9.47 Å². The van der Waals surface area contributed by atoms with E-state index in [1.165, 1.54) is 36.4 Å². The SMILES string of the molecule is O=C(OCc1ccc(Oc2ccc([N+](=O)[O-])cc2)cc1)c1ccc(Cl)c([N+](=O)[O-])c1. The number of halogens is 1. The molecule has 0 spiro atoms. The summed E-state index contributed by atoms with van der Waals surface area (Å²) in [5.74, 6) is 0.206. The van der Waals surface area contributed by atoms with Gasteiger partial charge in [-0.2, -0.15) is 0 Å². The zero-order valence-electron chi connectivity index (χ0n) is 15.2. The molecule has 0 aromatic heterocycles. The van der Waals surface area contributed by atoms with Crippen molar-refractivity contribution < 1.29 is 24.1 Å². The van der Waals surface area contributed by atoms with E-state index in [2.05, 4.69) is 0 Å². The molecule has 0 aliphatic heterocycles. The largest absolute Gasteiger partial charge is 0.457 e. The fourth-order valence-electron chi connectivity index (χ4n) is 2.44. The lowest BCUT2D eigenvalue weighted by atomic mass is 10.2. The summed E-state index contributed by atoms with van der Waals surface area (Å²) in [5.41, 5.74) is 0.275. The number of nitro benzene ring substituents is 2. The molecule has 0 fully saturated rings. The lowest BCUT2D eigenvalue weighted by Crippen LogP contribution is -2.06. The molecule has 10 heteroatoms. The van der Waals surface area contributed by atoms with Gasteiger partial charge in [-0.25, -0.2) is 4.79 Å². The van der Waals surface area contributed by atoms with E-state index in [0.29, 0.717) is 17.1 Å². The standard InChI is InChI=1S/C20H13ClN2O7/c21-18-10-3-14(11-19(18)23(27)28)20(24)29-12-13-1-6-16(7-2-13)30-17-8-4-15(5-9-17)22(25)26/h1-11H,12H2. The minimum atomic E-state index is -0.721. The summed E-state index contributed by atoms with van der Waals surface area (Å²) in [7, 11) is 0. The molecule has 30 heavy (non-hydrogen) atoms. The van der Waals surface area contributed by atoms with Crippen molar-refractivity contribution in [3.63, 3.8) is 0 Å². The van der Waals surface area contributed by atoms with Gasteiger partial charge in [0.1, 0.15) is 23.1 Å². The summed E-state index contributed by atoms with van der Waals surface area (Å²) in [6.45, 7) is -0.0485. The van der Waals surface area contributed by atoms with Crippen molar-refractivity contribution in [3.05, 3.63) is 103 Å². The summed E-state index contributed by atoms with van der Waals surface area (Å²) < 4.78 is 10.8. The second-order valence-electron chi connectivity index (χ2n) is 6.00. The lowest BCUT2D eigenvalue weighted by molar-refractivity contribution is -0.385. The number of carbonyl (C=O) groups is 1. The second kappa shape index (κ2) is 9.01. The van der Waals surface area contributed by atoms with Crippen LogP contribution in [0.4, 0.5) is 11.4 Å². The van der Waals surface area contributed by atoms with Crippen LogP contribution < -0.4 is 4.74 Å². The molecule has 0 atom stereocenters. The van der Waals surface area contributed by atoms with Gasteiger partial charge in [0.2, 0.25) is 0 Å². The molecule has 9 nitrogen and oxygen atoms in total. The van der Waals surface area contributed by atoms with Crippen LogP contribution in [-0.4, -0.2) is 15.8 Å². The number of benzene rings is 3. The van der Waals surface area contributed by atoms with Crippen LogP contribution in [0, 0.1) is 20.2 Å². The molecule has 0 heterocycles. The first kappa shape index (κ1) is 20.7. The minimum Gasteiger partial charge on any atom is -0.457 e. The maximum absolute atomic E-state index is 12.1. The number of nitrogens with zero attached hydrogens (tertiary/aromatic N) is 2. The summed E-state index contributed by atoms with van der Waals surface area (Å²) in [4.78, 5) is 32.5. The predicted octanol–water partition coefficient (Wildman–Crippen LogP) is 5.31. The van der Waals surface area contributed by atoms with Crippen LogP contribution in [0.1, 0.15) is 15.9 Å². The third kappa shape index (κ3) is 5.09. The van der Waals surface area contributed by atoms with Crippen molar-refractivity contribution >= 4 is 28.9 Å². The summed E-state index contributed by atoms with van der Waals surface area (Å²) in [6.07, 6.45) is 0.